The van der Waals surface area contributed by atoms with Crippen LogP contribution in [-0.4, -0.2) is 43.2 Å². The summed E-state index contributed by atoms with van der Waals surface area (Å²) in [6.07, 6.45) is 4.41. The monoisotopic (exact) mass is 670 g/mol. The molecule has 11 nitrogen and oxygen atoms in total. The summed E-state index contributed by atoms with van der Waals surface area (Å²) in [6, 6.07) is 11.0. The number of carbonyl (C=O) groups excluding carboxylic acids is 5. The molecular weight excluding hydrogens is 632 g/mol. The quantitative estimate of drug-likeness (QED) is 0.0667. The number of esters is 4. The van der Waals surface area contributed by atoms with Crippen LogP contribution in [0.25, 0.3) is 0 Å². The molecule has 0 spiro atoms. The fourth-order valence-electron chi connectivity index (χ4n) is 4.62. The van der Waals surface area contributed by atoms with E-state index in [1.807, 2.05) is 0 Å². The van der Waals surface area contributed by atoms with Crippen LogP contribution in [0.5, 0.6) is 23.0 Å². The van der Waals surface area contributed by atoms with Crippen LogP contribution in [0.2, 0.25) is 0 Å². The van der Waals surface area contributed by atoms with Crippen molar-refractivity contribution in [3.05, 3.63) is 119 Å². The molecule has 0 aromatic heterocycles. The number of allylic oxidation sites excluding steroid dienone is 1. The Morgan fingerprint density at radius 1 is 0.673 bits per heavy atom. The van der Waals surface area contributed by atoms with E-state index in [0.717, 1.165) is 12.2 Å². The Kier molecular flexibility index (Phi) is 13.6. The number of aryl methyl sites for hydroxylation is 3. The van der Waals surface area contributed by atoms with Crippen molar-refractivity contribution >= 4 is 29.7 Å². The minimum absolute atomic E-state index is 0.115. The predicted molar refractivity (Wildman–Crippen MR) is 180 cm³/mol. The van der Waals surface area contributed by atoms with Crippen molar-refractivity contribution in [3.8, 4) is 23.0 Å². The predicted octanol–water partition coefficient (Wildman–Crippen LogP) is 6.57. The summed E-state index contributed by atoms with van der Waals surface area (Å²) in [5.41, 5.74) is 3.48. The molecule has 0 aliphatic rings. The number of carbonyl (C=O) groups is 5. The third kappa shape index (κ3) is 10.5. The number of benzene rings is 3. The van der Waals surface area contributed by atoms with E-state index in [1.165, 1.54) is 18.2 Å². The van der Waals surface area contributed by atoms with E-state index < -0.39 is 23.9 Å². The second kappa shape index (κ2) is 17.8. The van der Waals surface area contributed by atoms with Gasteiger partial charge in [0, 0.05) is 18.6 Å². The molecule has 11 heteroatoms. The van der Waals surface area contributed by atoms with E-state index >= 15 is 0 Å². The zero-order valence-electron chi connectivity index (χ0n) is 27.9. The summed E-state index contributed by atoms with van der Waals surface area (Å²) in [7, 11) is 0. The highest BCUT2D eigenvalue weighted by molar-refractivity contribution is 5.95. The molecule has 0 amide bonds. The summed E-state index contributed by atoms with van der Waals surface area (Å²) in [5, 5.41) is 0. The molecule has 256 valence electrons. The van der Waals surface area contributed by atoms with Crippen molar-refractivity contribution in [2.75, 3.05) is 13.6 Å². The zero-order chi connectivity index (χ0) is 36.1. The standard InChI is InChI=1S/C38H38O11/c1-8-29(39)13-11-12-27-20-28(18-24(5)36(27)47-22-46-35(41)10-3)37(42)49-33-17-15-31(25(6)26(33)7)38(43)48-30-14-16-32(23(4)19-30)44-21-45-34(40)9-2/h8-10,14-20H,1-3,11-13,21-22H2,4-7H3. The van der Waals surface area contributed by atoms with Gasteiger partial charge in [-0.05, 0) is 117 Å². The molecule has 0 bridgehead atoms. The first-order chi connectivity index (χ1) is 23.4. The lowest BCUT2D eigenvalue weighted by atomic mass is 9.99. The van der Waals surface area contributed by atoms with Crippen molar-refractivity contribution in [2.45, 2.75) is 47.0 Å². The van der Waals surface area contributed by atoms with Gasteiger partial charge >= 0.3 is 23.9 Å². The second-order valence-corrected chi connectivity index (χ2v) is 10.7. The average molecular weight is 671 g/mol. The molecule has 0 aliphatic carbocycles. The Labute approximate surface area is 284 Å². The minimum atomic E-state index is -0.651. The van der Waals surface area contributed by atoms with Crippen molar-refractivity contribution in [3.63, 3.8) is 0 Å². The lowest BCUT2D eigenvalue weighted by molar-refractivity contribution is -0.145. The number of hydrogen-bond donors (Lipinski definition) is 0. The maximum absolute atomic E-state index is 13.4. The fourth-order valence-corrected chi connectivity index (χ4v) is 4.62. The molecule has 0 heterocycles. The maximum Gasteiger partial charge on any atom is 0.343 e. The van der Waals surface area contributed by atoms with E-state index in [1.54, 1.807) is 58.0 Å². The van der Waals surface area contributed by atoms with Gasteiger partial charge in [0.1, 0.15) is 23.0 Å². The van der Waals surface area contributed by atoms with E-state index in [4.69, 9.17) is 28.4 Å². The van der Waals surface area contributed by atoms with Crippen LogP contribution in [0.15, 0.2) is 80.4 Å². The van der Waals surface area contributed by atoms with E-state index in [9.17, 15) is 24.0 Å². The van der Waals surface area contributed by atoms with Crippen LogP contribution in [-0.2, 0) is 30.3 Å². The second-order valence-electron chi connectivity index (χ2n) is 10.7. The van der Waals surface area contributed by atoms with Gasteiger partial charge in [-0.1, -0.05) is 19.7 Å². The highest BCUT2D eigenvalue weighted by Gasteiger charge is 2.20. The topological polar surface area (TPSA) is 141 Å². The molecule has 3 aromatic carbocycles. The molecule has 0 fully saturated rings. The maximum atomic E-state index is 13.4. The Hall–Kier alpha value is -5.97. The van der Waals surface area contributed by atoms with Gasteiger partial charge < -0.3 is 28.4 Å². The van der Waals surface area contributed by atoms with Gasteiger partial charge in [0.05, 0.1) is 11.1 Å². The van der Waals surface area contributed by atoms with Crippen molar-refractivity contribution in [2.24, 2.45) is 0 Å². The molecule has 3 rings (SSSR count). The molecule has 0 atom stereocenters. The van der Waals surface area contributed by atoms with Gasteiger partial charge in [-0.15, -0.1) is 0 Å². The summed E-state index contributed by atoms with van der Waals surface area (Å²) >= 11 is 0. The highest BCUT2D eigenvalue weighted by Crippen LogP contribution is 2.31. The Bertz CT molecular complexity index is 1780. The lowest BCUT2D eigenvalue weighted by Gasteiger charge is -2.17. The van der Waals surface area contributed by atoms with Crippen LogP contribution in [0.1, 0.15) is 61.4 Å². The molecule has 0 saturated heterocycles. The Morgan fingerprint density at radius 2 is 1.33 bits per heavy atom. The first-order valence-corrected chi connectivity index (χ1v) is 15.2. The molecule has 49 heavy (non-hydrogen) atoms. The average Bonchev–Trinajstić information content (AvgIpc) is 3.08. The first kappa shape index (κ1) is 37.5. The Balaban J connectivity index is 1.76. The van der Waals surface area contributed by atoms with Gasteiger partial charge in [0.15, 0.2) is 5.78 Å². The number of rotatable bonds is 17. The summed E-state index contributed by atoms with van der Waals surface area (Å²) in [5.74, 6) is -1.26. The third-order valence-electron chi connectivity index (χ3n) is 7.35. The summed E-state index contributed by atoms with van der Waals surface area (Å²) in [4.78, 5) is 60.9. The van der Waals surface area contributed by atoms with Crippen LogP contribution in [0, 0.1) is 27.7 Å². The molecular formula is C38H38O11. The van der Waals surface area contributed by atoms with Gasteiger partial charge in [-0.2, -0.15) is 0 Å². The Morgan fingerprint density at radius 3 is 1.96 bits per heavy atom. The number of ether oxygens (including phenoxy) is 6. The highest BCUT2D eigenvalue weighted by atomic mass is 16.7. The van der Waals surface area contributed by atoms with Crippen molar-refractivity contribution in [1.82, 2.24) is 0 Å². The number of hydrogen-bond acceptors (Lipinski definition) is 11. The summed E-state index contributed by atoms with van der Waals surface area (Å²) in [6.45, 7) is 16.4. The van der Waals surface area contributed by atoms with E-state index in [2.05, 4.69) is 19.7 Å². The smallest absolute Gasteiger partial charge is 0.343 e. The molecule has 0 N–H and O–H groups in total. The van der Waals surface area contributed by atoms with Crippen molar-refractivity contribution < 1.29 is 52.4 Å². The first-order valence-electron chi connectivity index (χ1n) is 15.2. The lowest BCUT2D eigenvalue weighted by Crippen LogP contribution is -2.15. The molecule has 0 unspecified atom stereocenters. The van der Waals surface area contributed by atoms with Crippen LogP contribution < -0.4 is 18.9 Å². The van der Waals surface area contributed by atoms with Gasteiger partial charge in [-0.25, -0.2) is 19.2 Å². The molecule has 0 aliphatic heterocycles. The van der Waals surface area contributed by atoms with Gasteiger partial charge in [-0.3, -0.25) is 4.79 Å². The van der Waals surface area contributed by atoms with E-state index in [-0.39, 0.29) is 48.4 Å². The van der Waals surface area contributed by atoms with E-state index in [0.29, 0.717) is 52.2 Å². The SMILES string of the molecule is C=CC(=O)CCCc1cc(C(=O)Oc2ccc(C(=O)Oc3ccc(OCOC(=O)C=C)c(C)c3)c(C)c2C)cc(C)c1OCOC(=O)C=C. The van der Waals surface area contributed by atoms with Crippen LogP contribution in [0.4, 0.5) is 0 Å². The molecule has 3 aromatic rings. The number of ketones is 1. The normalized spacial score (nSPS) is 10.3. The minimum Gasteiger partial charge on any atom is -0.457 e. The third-order valence-corrected chi connectivity index (χ3v) is 7.35. The fraction of sp³-hybridized carbons (Fsp3) is 0.237. The van der Waals surface area contributed by atoms with Crippen LogP contribution >= 0.6 is 0 Å². The van der Waals surface area contributed by atoms with Crippen molar-refractivity contribution in [1.29, 1.82) is 0 Å². The summed E-state index contributed by atoms with van der Waals surface area (Å²) < 4.78 is 32.2. The molecule has 0 radical (unpaired) electrons. The molecule has 0 saturated carbocycles. The largest absolute Gasteiger partial charge is 0.457 e. The zero-order valence-corrected chi connectivity index (χ0v) is 27.9. The van der Waals surface area contributed by atoms with Gasteiger partial charge in [0.25, 0.3) is 0 Å². The van der Waals surface area contributed by atoms with Gasteiger partial charge in [0.2, 0.25) is 13.6 Å². The van der Waals surface area contributed by atoms with Crippen LogP contribution in [0.3, 0.4) is 0 Å².